The van der Waals surface area contributed by atoms with Gasteiger partial charge in [0, 0.05) is 18.0 Å². The van der Waals surface area contributed by atoms with Gasteiger partial charge in [0.2, 0.25) is 0 Å². The van der Waals surface area contributed by atoms with Crippen LogP contribution in [0.3, 0.4) is 0 Å². The summed E-state index contributed by atoms with van der Waals surface area (Å²) in [7, 11) is 0. The molecule has 0 fully saturated rings. The van der Waals surface area contributed by atoms with Crippen LogP contribution < -0.4 is 10.6 Å². The largest absolute Gasteiger partial charge is 0.331 e. The molecule has 2 aromatic carbocycles. The predicted molar refractivity (Wildman–Crippen MR) is 108 cm³/mol. The Labute approximate surface area is 160 Å². The van der Waals surface area contributed by atoms with Crippen molar-refractivity contribution in [3.8, 4) is 11.1 Å². The summed E-state index contributed by atoms with van der Waals surface area (Å²) in [6.45, 7) is 1.94. The van der Waals surface area contributed by atoms with Crippen LogP contribution in [-0.2, 0) is 0 Å². The van der Waals surface area contributed by atoms with Gasteiger partial charge in [-0.25, -0.2) is 19.7 Å². The molecular weight excluding hydrogens is 358 g/mol. The maximum atomic E-state index is 12.3. The highest BCUT2D eigenvalue weighted by Gasteiger charge is 2.12. The number of nitrogens with one attached hydrogen (secondary N) is 2. The molecule has 2 amide bonds. The van der Waals surface area contributed by atoms with Crippen LogP contribution >= 0.6 is 11.3 Å². The lowest BCUT2D eigenvalue weighted by molar-refractivity contribution is 0.249. The quantitative estimate of drug-likeness (QED) is 0.545. The van der Waals surface area contributed by atoms with Gasteiger partial charge in [0.05, 0.1) is 16.3 Å². The van der Waals surface area contributed by atoms with E-state index in [9.17, 15) is 4.79 Å². The highest BCUT2D eigenvalue weighted by Crippen LogP contribution is 2.25. The molecule has 6 nitrogen and oxygen atoms in total. The molecule has 2 aromatic heterocycles. The first kappa shape index (κ1) is 17.1. The first-order valence-electron chi connectivity index (χ1n) is 8.47. The molecule has 0 spiro atoms. The molecule has 0 bridgehead atoms. The predicted octanol–water partition coefficient (Wildman–Crippen LogP) is 4.64. The van der Waals surface area contributed by atoms with E-state index >= 15 is 0 Å². The number of rotatable bonds is 4. The first-order chi connectivity index (χ1) is 13.2. The van der Waals surface area contributed by atoms with Gasteiger partial charge < -0.3 is 5.32 Å². The van der Waals surface area contributed by atoms with Crippen molar-refractivity contribution in [3.05, 3.63) is 72.8 Å². The molecule has 4 rings (SSSR count). The standard InChI is InChI=1S/C20H17N5OS/c1-13(14-6-8-15(9-7-14)16-10-21-12-22-11-16)23-19(26)25-20-24-17-4-2-3-5-18(17)27-20/h2-13H,1H3,(H2,23,24,25,26). The van der Waals surface area contributed by atoms with Gasteiger partial charge in [-0.2, -0.15) is 0 Å². The Morgan fingerprint density at radius 2 is 1.74 bits per heavy atom. The lowest BCUT2D eigenvalue weighted by atomic mass is 10.0. The zero-order chi connectivity index (χ0) is 18.6. The molecule has 2 N–H and O–H groups in total. The van der Waals surface area contributed by atoms with E-state index in [1.165, 1.54) is 17.7 Å². The van der Waals surface area contributed by atoms with Gasteiger partial charge in [0.25, 0.3) is 0 Å². The topological polar surface area (TPSA) is 79.8 Å². The molecule has 0 aliphatic carbocycles. The molecule has 2 heterocycles. The Morgan fingerprint density at radius 3 is 2.48 bits per heavy atom. The molecule has 1 unspecified atom stereocenters. The van der Waals surface area contributed by atoms with Crippen molar-refractivity contribution in [2.24, 2.45) is 0 Å². The number of hydrogen-bond acceptors (Lipinski definition) is 5. The van der Waals surface area contributed by atoms with Crippen molar-refractivity contribution >= 4 is 32.7 Å². The van der Waals surface area contributed by atoms with Gasteiger partial charge >= 0.3 is 6.03 Å². The van der Waals surface area contributed by atoms with E-state index in [1.54, 1.807) is 12.4 Å². The molecule has 4 aromatic rings. The fourth-order valence-electron chi connectivity index (χ4n) is 2.75. The second-order valence-corrected chi connectivity index (χ2v) is 7.09. The van der Waals surface area contributed by atoms with Gasteiger partial charge in [-0.05, 0) is 30.2 Å². The highest BCUT2D eigenvalue weighted by molar-refractivity contribution is 7.22. The minimum atomic E-state index is -0.276. The molecule has 0 saturated carbocycles. The molecule has 0 aliphatic heterocycles. The monoisotopic (exact) mass is 375 g/mol. The number of urea groups is 1. The third-order valence-electron chi connectivity index (χ3n) is 4.17. The number of carbonyl (C=O) groups is 1. The molecule has 0 saturated heterocycles. The Bertz CT molecular complexity index is 1030. The van der Waals surface area contributed by atoms with Crippen LogP contribution in [0.4, 0.5) is 9.93 Å². The van der Waals surface area contributed by atoms with E-state index in [0.717, 1.165) is 26.9 Å². The minimum absolute atomic E-state index is 0.138. The Morgan fingerprint density at radius 1 is 1.00 bits per heavy atom. The summed E-state index contributed by atoms with van der Waals surface area (Å²) in [6, 6.07) is 15.4. The Hall–Kier alpha value is -3.32. The van der Waals surface area contributed by atoms with Crippen LogP contribution in [0.1, 0.15) is 18.5 Å². The maximum absolute atomic E-state index is 12.3. The van der Waals surface area contributed by atoms with Gasteiger partial charge in [-0.1, -0.05) is 47.7 Å². The van der Waals surface area contributed by atoms with Crippen LogP contribution in [0, 0.1) is 0 Å². The number of benzene rings is 2. The number of thiazole rings is 1. The van der Waals surface area contributed by atoms with Crippen LogP contribution in [0.25, 0.3) is 21.3 Å². The van der Waals surface area contributed by atoms with Crippen molar-refractivity contribution in [2.45, 2.75) is 13.0 Å². The van der Waals surface area contributed by atoms with Gasteiger partial charge in [-0.3, -0.25) is 5.32 Å². The fraction of sp³-hybridized carbons (Fsp3) is 0.100. The van der Waals surface area contributed by atoms with E-state index in [-0.39, 0.29) is 12.1 Å². The van der Waals surface area contributed by atoms with E-state index in [0.29, 0.717) is 5.13 Å². The van der Waals surface area contributed by atoms with Crippen LogP contribution in [0.2, 0.25) is 0 Å². The Kier molecular flexibility index (Phi) is 4.76. The molecular formula is C20H17N5OS. The van der Waals surface area contributed by atoms with E-state index in [2.05, 4.69) is 25.6 Å². The fourth-order valence-corrected chi connectivity index (χ4v) is 3.61. The smallest absolute Gasteiger partial charge is 0.321 e. The summed E-state index contributed by atoms with van der Waals surface area (Å²) >= 11 is 1.45. The minimum Gasteiger partial charge on any atom is -0.331 e. The highest BCUT2D eigenvalue weighted by atomic mass is 32.1. The van der Waals surface area contributed by atoms with Crippen molar-refractivity contribution in [1.82, 2.24) is 20.3 Å². The Balaban J connectivity index is 1.40. The summed E-state index contributed by atoms with van der Waals surface area (Å²) < 4.78 is 1.04. The average molecular weight is 375 g/mol. The maximum Gasteiger partial charge on any atom is 0.321 e. The zero-order valence-electron chi connectivity index (χ0n) is 14.6. The number of para-hydroxylation sites is 1. The number of hydrogen-bond donors (Lipinski definition) is 2. The van der Waals surface area contributed by atoms with Gasteiger partial charge in [0.15, 0.2) is 5.13 Å². The second-order valence-electron chi connectivity index (χ2n) is 6.06. The normalized spacial score (nSPS) is 11.9. The number of fused-ring (bicyclic) bond motifs is 1. The van der Waals surface area contributed by atoms with Crippen molar-refractivity contribution < 1.29 is 4.79 Å². The lowest BCUT2D eigenvalue weighted by Crippen LogP contribution is -2.31. The first-order valence-corrected chi connectivity index (χ1v) is 9.29. The van der Waals surface area contributed by atoms with E-state index in [4.69, 9.17) is 0 Å². The van der Waals surface area contributed by atoms with E-state index in [1.807, 2.05) is 55.5 Å². The molecule has 1 atom stereocenters. The molecule has 134 valence electrons. The van der Waals surface area contributed by atoms with Crippen LogP contribution in [-0.4, -0.2) is 21.0 Å². The number of aromatic nitrogens is 3. The van der Waals surface area contributed by atoms with Crippen molar-refractivity contribution in [3.63, 3.8) is 0 Å². The van der Waals surface area contributed by atoms with Gasteiger partial charge in [-0.15, -0.1) is 0 Å². The van der Waals surface area contributed by atoms with Crippen molar-refractivity contribution in [2.75, 3.05) is 5.32 Å². The number of amides is 2. The lowest BCUT2D eigenvalue weighted by Gasteiger charge is -2.14. The van der Waals surface area contributed by atoms with Crippen LogP contribution in [0.15, 0.2) is 67.3 Å². The summed E-state index contributed by atoms with van der Waals surface area (Å²) in [5.41, 5.74) is 3.88. The van der Waals surface area contributed by atoms with Crippen LogP contribution in [0.5, 0.6) is 0 Å². The third kappa shape index (κ3) is 3.93. The third-order valence-corrected chi connectivity index (χ3v) is 5.12. The molecule has 0 aliphatic rings. The summed E-state index contributed by atoms with van der Waals surface area (Å²) in [6.07, 6.45) is 5.05. The summed E-state index contributed by atoms with van der Waals surface area (Å²) in [5, 5.41) is 6.33. The molecule has 27 heavy (non-hydrogen) atoms. The number of anilines is 1. The summed E-state index contributed by atoms with van der Waals surface area (Å²) in [4.78, 5) is 24.8. The van der Waals surface area contributed by atoms with E-state index < -0.39 is 0 Å². The second kappa shape index (κ2) is 7.51. The van der Waals surface area contributed by atoms with Crippen molar-refractivity contribution in [1.29, 1.82) is 0 Å². The average Bonchev–Trinajstić information content (AvgIpc) is 3.10. The molecule has 0 radical (unpaired) electrons. The zero-order valence-corrected chi connectivity index (χ0v) is 15.4. The summed E-state index contributed by atoms with van der Waals surface area (Å²) in [5.74, 6) is 0. The number of nitrogens with zero attached hydrogens (tertiary/aromatic N) is 3. The van der Waals surface area contributed by atoms with Gasteiger partial charge in [0.1, 0.15) is 6.33 Å². The number of carbonyl (C=O) groups excluding carboxylic acids is 1. The molecule has 7 heteroatoms. The SMILES string of the molecule is CC(NC(=O)Nc1nc2ccccc2s1)c1ccc(-c2cncnc2)cc1.